The Morgan fingerprint density at radius 1 is 1.64 bits per heavy atom. The van der Waals surface area contributed by atoms with Crippen molar-refractivity contribution in [2.45, 2.75) is 26.3 Å². The number of nitrogens with two attached hydrogens (primary N) is 1. The fraction of sp³-hybridized carbons (Fsp3) is 0.900. The Morgan fingerprint density at radius 3 is 2.93 bits per heavy atom. The third kappa shape index (κ3) is 2.96. The summed E-state index contributed by atoms with van der Waals surface area (Å²) >= 11 is 0. The molecule has 1 amide bonds. The van der Waals surface area contributed by atoms with E-state index in [1.807, 2.05) is 4.90 Å². The van der Waals surface area contributed by atoms with Crippen molar-refractivity contribution in [3.8, 4) is 0 Å². The lowest BCUT2D eigenvalue weighted by atomic mass is 10.1. The van der Waals surface area contributed by atoms with Gasteiger partial charge in [0.1, 0.15) is 0 Å². The molecule has 1 atom stereocenters. The fourth-order valence-electron chi connectivity index (χ4n) is 1.77. The van der Waals surface area contributed by atoms with Crippen molar-refractivity contribution in [2.75, 3.05) is 26.2 Å². The molecule has 0 saturated carbocycles. The normalized spacial score (nSPS) is 22.9. The summed E-state index contributed by atoms with van der Waals surface area (Å²) in [5.41, 5.74) is 5.63. The quantitative estimate of drug-likeness (QED) is 0.661. The second kappa shape index (κ2) is 5.32. The van der Waals surface area contributed by atoms with Crippen LogP contribution in [-0.2, 0) is 4.79 Å². The molecule has 0 bridgehead atoms. The summed E-state index contributed by atoms with van der Waals surface area (Å²) in [7, 11) is 0. The highest BCUT2D eigenvalue weighted by Gasteiger charge is 2.25. The summed E-state index contributed by atoms with van der Waals surface area (Å²) in [6.07, 6.45) is 0.635. The van der Waals surface area contributed by atoms with Crippen LogP contribution in [0.25, 0.3) is 0 Å². The van der Waals surface area contributed by atoms with Crippen molar-refractivity contribution >= 4 is 5.91 Å². The van der Waals surface area contributed by atoms with E-state index in [2.05, 4.69) is 19.2 Å². The molecule has 0 aromatic heterocycles. The molecular weight excluding hydrogens is 178 g/mol. The van der Waals surface area contributed by atoms with Crippen molar-refractivity contribution in [3.05, 3.63) is 0 Å². The van der Waals surface area contributed by atoms with Gasteiger partial charge in [-0.1, -0.05) is 13.8 Å². The molecule has 1 rings (SSSR count). The van der Waals surface area contributed by atoms with Gasteiger partial charge in [-0.2, -0.15) is 0 Å². The minimum atomic E-state index is 0.190. The van der Waals surface area contributed by atoms with Crippen LogP contribution in [-0.4, -0.2) is 43.0 Å². The molecule has 4 heteroatoms. The Kier molecular flexibility index (Phi) is 4.35. The average Bonchev–Trinajstić information content (AvgIpc) is 2.16. The molecule has 0 aromatic carbocycles. The molecular formula is C10H21N3O. The molecule has 0 aliphatic carbocycles. The van der Waals surface area contributed by atoms with Gasteiger partial charge in [0.2, 0.25) is 5.91 Å². The van der Waals surface area contributed by atoms with Crippen molar-refractivity contribution in [1.82, 2.24) is 10.2 Å². The van der Waals surface area contributed by atoms with Crippen LogP contribution in [0.4, 0.5) is 0 Å². The van der Waals surface area contributed by atoms with E-state index in [0.29, 0.717) is 18.9 Å². The predicted molar refractivity (Wildman–Crippen MR) is 56.9 cm³/mol. The zero-order valence-electron chi connectivity index (χ0n) is 9.12. The number of amides is 1. The van der Waals surface area contributed by atoms with E-state index < -0.39 is 0 Å². The van der Waals surface area contributed by atoms with E-state index in [-0.39, 0.29) is 11.9 Å². The number of hydrogen-bond acceptors (Lipinski definition) is 3. The Morgan fingerprint density at radius 2 is 2.36 bits per heavy atom. The molecule has 4 nitrogen and oxygen atoms in total. The lowest BCUT2D eigenvalue weighted by Crippen LogP contribution is -2.56. The van der Waals surface area contributed by atoms with E-state index >= 15 is 0 Å². The van der Waals surface area contributed by atoms with E-state index in [1.54, 1.807) is 0 Å². The van der Waals surface area contributed by atoms with Crippen LogP contribution in [0.2, 0.25) is 0 Å². The maximum Gasteiger partial charge on any atom is 0.223 e. The third-order valence-corrected chi connectivity index (χ3v) is 2.53. The molecule has 1 fully saturated rings. The van der Waals surface area contributed by atoms with Crippen molar-refractivity contribution in [2.24, 2.45) is 11.7 Å². The topological polar surface area (TPSA) is 58.4 Å². The number of nitrogens with zero attached hydrogens (tertiary/aromatic N) is 1. The summed E-state index contributed by atoms with van der Waals surface area (Å²) in [6.45, 7) is 7.21. The molecule has 1 heterocycles. The maximum absolute atomic E-state index is 11.8. The van der Waals surface area contributed by atoms with Gasteiger partial charge in [0.15, 0.2) is 0 Å². The monoisotopic (exact) mass is 199 g/mol. The van der Waals surface area contributed by atoms with Crippen molar-refractivity contribution in [3.63, 3.8) is 0 Å². The predicted octanol–water partition coefficient (Wildman–Crippen LogP) is -0.208. The first-order valence-electron chi connectivity index (χ1n) is 5.35. The smallest absolute Gasteiger partial charge is 0.223 e. The number of rotatable bonds is 3. The summed E-state index contributed by atoms with van der Waals surface area (Å²) in [4.78, 5) is 13.7. The second-order valence-electron chi connectivity index (χ2n) is 4.28. The minimum Gasteiger partial charge on any atom is -0.336 e. The van der Waals surface area contributed by atoms with Crippen LogP contribution in [0.15, 0.2) is 0 Å². The molecule has 82 valence electrons. The van der Waals surface area contributed by atoms with E-state index in [0.717, 1.165) is 19.6 Å². The number of hydrogen-bond donors (Lipinski definition) is 2. The van der Waals surface area contributed by atoms with E-state index in [9.17, 15) is 4.79 Å². The van der Waals surface area contributed by atoms with Crippen LogP contribution in [0, 0.1) is 5.92 Å². The number of piperazine rings is 1. The second-order valence-corrected chi connectivity index (χ2v) is 4.28. The Labute approximate surface area is 85.8 Å². The summed E-state index contributed by atoms with van der Waals surface area (Å²) in [5.74, 6) is 0.674. The van der Waals surface area contributed by atoms with Crippen LogP contribution >= 0.6 is 0 Å². The van der Waals surface area contributed by atoms with Gasteiger partial charge in [-0.25, -0.2) is 0 Å². The highest BCUT2D eigenvalue weighted by atomic mass is 16.2. The lowest BCUT2D eigenvalue weighted by molar-refractivity contribution is -0.134. The van der Waals surface area contributed by atoms with Crippen LogP contribution in [0.3, 0.4) is 0 Å². The fourth-order valence-corrected chi connectivity index (χ4v) is 1.77. The van der Waals surface area contributed by atoms with Gasteiger partial charge in [0.25, 0.3) is 0 Å². The standard InChI is InChI=1S/C10H21N3O/c1-8(2)5-10(14)13-4-3-12-7-9(13)6-11/h8-9,12H,3-7,11H2,1-2H3. The third-order valence-electron chi connectivity index (χ3n) is 2.53. The zero-order valence-corrected chi connectivity index (χ0v) is 9.12. The Balaban J connectivity index is 2.50. The number of carbonyl (C=O) groups excluding carboxylic acids is 1. The summed E-state index contributed by atoms with van der Waals surface area (Å²) in [6, 6.07) is 0.190. The van der Waals surface area contributed by atoms with Gasteiger partial charge >= 0.3 is 0 Å². The Hall–Kier alpha value is -0.610. The van der Waals surface area contributed by atoms with Gasteiger partial charge in [-0.05, 0) is 5.92 Å². The van der Waals surface area contributed by atoms with Crippen LogP contribution in [0.1, 0.15) is 20.3 Å². The first-order valence-corrected chi connectivity index (χ1v) is 5.35. The van der Waals surface area contributed by atoms with Crippen molar-refractivity contribution in [1.29, 1.82) is 0 Å². The van der Waals surface area contributed by atoms with Gasteiger partial charge in [-0.3, -0.25) is 4.79 Å². The van der Waals surface area contributed by atoms with Gasteiger partial charge in [0, 0.05) is 32.6 Å². The van der Waals surface area contributed by atoms with E-state index in [4.69, 9.17) is 5.73 Å². The molecule has 1 unspecified atom stereocenters. The summed E-state index contributed by atoms with van der Waals surface area (Å²) in [5, 5.41) is 3.25. The van der Waals surface area contributed by atoms with Gasteiger partial charge < -0.3 is 16.0 Å². The van der Waals surface area contributed by atoms with Crippen LogP contribution in [0.5, 0.6) is 0 Å². The first-order chi connectivity index (χ1) is 6.65. The molecule has 14 heavy (non-hydrogen) atoms. The van der Waals surface area contributed by atoms with Gasteiger partial charge in [0.05, 0.1) is 6.04 Å². The average molecular weight is 199 g/mol. The SMILES string of the molecule is CC(C)CC(=O)N1CCNCC1CN. The molecule has 0 aromatic rings. The molecule has 0 radical (unpaired) electrons. The van der Waals surface area contributed by atoms with Gasteiger partial charge in [-0.15, -0.1) is 0 Å². The first kappa shape index (κ1) is 11.5. The van der Waals surface area contributed by atoms with E-state index in [1.165, 1.54) is 0 Å². The molecule has 3 N–H and O–H groups in total. The zero-order chi connectivity index (χ0) is 10.6. The Bertz CT molecular complexity index is 194. The molecule has 1 saturated heterocycles. The maximum atomic E-state index is 11.8. The van der Waals surface area contributed by atoms with Crippen LogP contribution < -0.4 is 11.1 Å². The number of nitrogens with one attached hydrogen (secondary N) is 1. The highest BCUT2D eigenvalue weighted by Crippen LogP contribution is 2.08. The molecule has 1 aliphatic rings. The number of carbonyl (C=O) groups is 1. The molecule has 1 aliphatic heterocycles. The summed E-state index contributed by atoms with van der Waals surface area (Å²) < 4.78 is 0. The minimum absolute atomic E-state index is 0.190. The lowest BCUT2D eigenvalue weighted by Gasteiger charge is -2.36. The molecule has 0 spiro atoms. The van der Waals surface area contributed by atoms with Crippen molar-refractivity contribution < 1.29 is 4.79 Å². The highest BCUT2D eigenvalue weighted by molar-refractivity contribution is 5.76. The largest absolute Gasteiger partial charge is 0.336 e.